The average Bonchev–Trinajstić information content (AvgIpc) is 3.04. The van der Waals surface area contributed by atoms with Gasteiger partial charge in [0.25, 0.3) is 5.89 Å². The minimum Gasteiger partial charge on any atom is -0.449 e. The van der Waals surface area contributed by atoms with E-state index in [1.807, 2.05) is 64.1 Å². The first kappa shape index (κ1) is 17.9. The normalized spacial score (nSPS) is 12.0. The van der Waals surface area contributed by atoms with Crippen molar-refractivity contribution in [3.63, 3.8) is 0 Å². The van der Waals surface area contributed by atoms with Gasteiger partial charge in [-0.3, -0.25) is 0 Å². The van der Waals surface area contributed by atoms with Crippen LogP contribution in [0.4, 0.5) is 0 Å². The van der Waals surface area contributed by atoms with Crippen LogP contribution in [0.5, 0.6) is 0 Å². The number of benzene rings is 2. The maximum atomic E-state index is 12.6. The van der Waals surface area contributed by atoms with Crippen molar-refractivity contribution in [2.45, 2.75) is 40.7 Å². The Balaban J connectivity index is 1.79. The van der Waals surface area contributed by atoms with Crippen molar-refractivity contribution in [2.24, 2.45) is 0 Å². The maximum Gasteiger partial charge on any atom is 0.339 e. The number of nitrogens with zero attached hydrogens (tertiary/aromatic N) is 2. The predicted molar refractivity (Wildman–Crippen MR) is 99.0 cm³/mol. The summed E-state index contributed by atoms with van der Waals surface area (Å²) in [6, 6.07) is 11.7. The maximum absolute atomic E-state index is 12.6. The fraction of sp³-hybridized carbons (Fsp3) is 0.286. The number of hydrogen-bond acceptors (Lipinski definition) is 5. The number of hydrogen-bond donors (Lipinski definition) is 0. The fourth-order valence-electron chi connectivity index (χ4n) is 3.07. The summed E-state index contributed by atoms with van der Waals surface area (Å²) in [5, 5.41) is 8.10. The smallest absolute Gasteiger partial charge is 0.339 e. The quantitative estimate of drug-likeness (QED) is 0.627. The highest BCUT2D eigenvalue weighted by Gasteiger charge is 2.22. The topological polar surface area (TPSA) is 65.2 Å². The molecule has 0 saturated heterocycles. The van der Waals surface area contributed by atoms with Crippen LogP contribution in [0.25, 0.3) is 11.5 Å². The Bertz CT molecular complexity index is 936. The lowest BCUT2D eigenvalue weighted by Crippen LogP contribution is -2.12. The molecule has 0 aliphatic rings. The number of ether oxygens (including phenoxy) is 1. The molecule has 0 saturated carbocycles. The van der Waals surface area contributed by atoms with Crippen molar-refractivity contribution in [1.29, 1.82) is 0 Å². The van der Waals surface area contributed by atoms with Gasteiger partial charge in [0.2, 0.25) is 5.89 Å². The van der Waals surface area contributed by atoms with E-state index in [0.29, 0.717) is 11.5 Å². The Morgan fingerprint density at radius 2 is 1.69 bits per heavy atom. The summed E-state index contributed by atoms with van der Waals surface area (Å²) in [5.74, 6) is 0.300. The molecule has 0 amide bonds. The van der Waals surface area contributed by atoms with Gasteiger partial charge in [0.05, 0.1) is 5.56 Å². The summed E-state index contributed by atoms with van der Waals surface area (Å²) in [4.78, 5) is 12.6. The second-order valence-electron chi connectivity index (χ2n) is 6.64. The lowest BCUT2D eigenvalue weighted by Gasteiger charge is -2.13. The number of rotatable bonds is 4. The molecule has 0 aliphatic carbocycles. The molecule has 3 aromatic rings. The van der Waals surface area contributed by atoms with E-state index in [-0.39, 0.29) is 11.9 Å². The zero-order valence-corrected chi connectivity index (χ0v) is 15.7. The number of aromatic nitrogens is 2. The van der Waals surface area contributed by atoms with Crippen LogP contribution >= 0.6 is 0 Å². The fourth-order valence-corrected chi connectivity index (χ4v) is 3.07. The van der Waals surface area contributed by atoms with E-state index in [0.717, 1.165) is 27.8 Å². The molecular weight excluding hydrogens is 328 g/mol. The van der Waals surface area contributed by atoms with E-state index in [1.54, 1.807) is 6.92 Å². The third-order valence-corrected chi connectivity index (χ3v) is 4.22. The summed E-state index contributed by atoms with van der Waals surface area (Å²) < 4.78 is 11.3. The SMILES string of the molecule is Cc1cccc(-c2nnc(C(C)OC(=O)c3c(C)cc(C)cc3C)o2)c1. The molecule has 5 heteroatoms. The van der Waals surface area contributed by atoms with Gasteiger partial charge in [-0.1, -0.05) is 35.4 Å². The van der Waals surface area contributed by atoms with Gasteiger partial charge in [0.1, 0.15) is 0 Å². The first-order valence-corrected chi connectivity index (χ1v) is 8.54. The molecular formula is C21H22N2O3. The summed E-state index contributed by atoms with van der Waals surface area (Å²) in [6.07, 6.45) is -0.631. The van der Waals surface area contributed by atoms with Gasteiger partial charge in [0.15, 0.2) is 6.10 Å². The van der Waals surface area contributed by atoms with Gasteiger partial charge in [-0.15, -0.1) is 10.2 Å². The lowest BCUT2D eigenvalue weighted by atomic mass is 10.00. The van der Waals surface area contributed by atoms with Crippen molar-refractivity contribution < 1.29 is 13.9 Å². The van der Waals surface area contributed by atoms with Crippen LogP contribution in [0.2, 0.25) is 0 Å². The first-order valence-electron chi connectivity index (χ1n) is 8.54. The average molecular weight is 350 g/mol. The van der Waals surface area contributed by atoms with Crippen LogP contribution in [0.1, 0.15) is 51.5 Å². The van der Waals surface area contributed by atoms with E-state index in [1.165, 1.54) is 0 Å². The van der Waals surface area contributed by atoms with Crippen molar-refractivity contribution in [3.8, 4) is 11.5 Å². The van der Waals surface area contributed by atoms with E-state index >= 15 is 0 Å². The number of aryl methyl sites for hydroxylation is 4. The van der Waals surface area contributed by atoms with Crippen LogP contribution in [0.3, 0.4) is 0 Å². The second kappa shape index (κ2) is 7.12. The molecule has 1 heterocycles. The molecule has 0 N–H and O–H groups in total. The Kier molecular flexibility index (Phi) is 4.89. The van der Waals surface area contributed by atoms with Crippen molar-refractivity contribution in [1.82, 2.24) is 10.2 Å². The zero-order chi connectivity index (χ0) is 18.8. The molecule has 3 rings (SSSR count). The van der Waals surface area contributed by atoms with E-state index < -0.39 is 6.10 Å². The minimum atomic E-state index is -0.631. The molecule has 0 spiro atoms. The Morgan fingerprint density at radius 3 is 2.35 bits per heavy atom. The first-order chi connectivity index (χ1) is 12.3. The molecule has 2 aromatic carbocycles. The molecule has 0 bridgehead atoms. The van der Waals surface area contributed by atoms with Crippen LogP contribution in [-0.4, -0.2) is 16.2 Å². The van der Waals surface area contributed by atoms with Gasteiger partial charge >= 0.3 is 5.97 Å². The molecule has 1 atom stereocenters. The molecule has 5 nitrogen and oxygen atoms in total. The second-order valence-corrected chi connectivity index (χ2v) is 6.64. The van der Waals surface area contributed by atoms with E-state index in [9.17, 15) is 4.79 Å². The van der Waals surface area contributed by atoms with Crippen LogP contribution in [0, 0.1) is 27.7 Å². The standard InChI is InChI=1S/C21H22N2O3/c1-12-7-6-8-17(11-12)20-23-22-19(26-20)16(5)25-21(24)18-14(3)9-13(2)10-15(18)4/h6-11,16H,1-5H3. The van der Waals surface area contributed by atoms with Gasteiger partial charge < -0.3 is 9.15 Å². The number of carbonyl (C=O) groups is 1. The van der Waals surface area contributed by atoms with E-state index in [4.69, 9.17) is 9.15 Å². The van der Waals surface area contributed by atoms with Crippen molar-refractivity contribution in [3.05, 3.63) is 70.1 Å². The highest BCUT2D eigenvalue weighted by atomic mass is 16.6. The molecule has 1 unspecified atom stereocenters. The Morgan fingerprint density at radius 1 is 1.00 bits per heavy atom. The molecule has 0 aliphatic heterocycles. The summed E-state index contributed by atoms with van der Waals surface area (Å²) in [5.41, 5.74) is 5.43. The Hall–Kier alpha value is -2.95. The van der Waals surface area contributed by atoms with Crippen molar-refractivity contribution in [2.75, 3.05) is 0 Å². The van der Waals surface area contributed by atoms with Gasteiger partial charge in [-0.2, -0.15) is 0 Å². The minimum absolute atomic E-state index is 0.275. The largest absolute Gasteiger partial charge is 0.449 e. The molecule has 26 heavy (non-hydrogen) atoms. The molecule has 1 aromatic heterocycles. The third kappa shape index (κ3) is 3.67. The van der Waals surface area contributed by atoms with Gasteiger partial charge in [-0.05, 0) is 57.9 Å². The summed E-state index contributed by atoms with van der Waals surface area (Å²) in [7, 11) is 0. The van der Waals surface area contributed by atoms with Crippen LogP contribution in [-0.2, 0) is 4.74 Å². The van der Waals surface area contributed by atoms with Crippen LogP contribution < -0.4 is 0 Å². The predicted octanol–water partition coefficient (Wildman–Crippen LogP) is 4.89. The molecule has 0 fully saturated rings. The molecule has 0 radical (unpaired) electrons. The summed E-state index contributed by atoms with van der Waals surface area (Å²) >= 11 is 0. The molecule has 134 valence electrons. The third-order valence-electron chi connectivity index (χ3n) is 4.22. The number of carbonyl (C=O) groups excluding carboxylic acids is 1. The lowest BCUT2D eigenvalue weighted by molar-refractivity contribution is 0.0278. The monoisotopic (exact) mass is 350 g/mol. The summed E-state index contributed by atoms with van der Waals surface area (Å²) in [6.45, 7) is 9.54. The van der Waals surface area contributed by atoms with E-state index in [2.05, 4.69) is 10.2 Å². The zero-order valence-electron chi connectivity index (χ0n) is 15.7. The highest BCUT2D eigenvalue weighted by molar-refractivity contribution is 5.92. The van der Waals surface area contributed by atoms with Crippen molar-refractivity contribution >= 4 is 5.97 Å². The number of esters is 1. The van der Waals surface area contributed by atoms with Gasteiger partial charge in [0, 0.05) is 5.56 Å². The van der Waals surface area contributed by atoms with Gasteiger partial charge in [-0.25, -0.2) is 4.79 Å². The van der Waals surface area contributed by atoms with Crippen LogP contribution in [0.15, 0.2) is 40.8 Å². The Labute approximate surface area is 153 Å². The highest BCUT2D eigenvalue weighted by Crippen LogP contribution is 2.25.